The monoisotopic (exact) mass is 264 g/mol. The van der Waals surface area contributed by atoms with Crippen LogP contribution in [0.15, 0.2) is 24.0 Å². The standard InChI is InChI=1S/C17H28O2/c1-12(2)7-8-15-16(18)9-14(10-17(15,5)6)19-11-13(3)4/h9,13,15H,1,7-8,10-11H2,2-6H3/t15-/m0/s1. The summed E-state index contributed by atoms with van der Waals surface area (Å²) in [6.07, 6.45) is 4.40. The van der Waals surface area contributed by atoms with Crippen LogP contribution in [-0.4, -0.2) is 12.4 Å². The molecule has 2 heteroatoms. The largest absolute Gasteiger partial charge is 0.498 e. The van der Waals surface area contributed by atoms with E-state index in [2.05, 4.69) is 34.3 Å². The molecule has 0 bridgehead atoms. The maximum Gasteiger partial charge on any atom is 0.162 e. The van der Waals surface area contributed by atoms with E-state index in [1.54, 1.807) is 6.08 Å². The lowest BCUT2D eigenvalue weighted by atomic mass is 9.68. The van der Waals surface area contributed by atoms with E-state index in [-0.39, 0.29) is 17.1 Å². The summed E-state index contributed by atoms with van der Waals surface area (Å²) in [5, 5.41) is 0. The first-order valence-corrected chi connectivity index (χ1v) is 7.24. The van der Waals surface area contributed by atoms with E-state index in [1.165, 1.54) is 0 Å². The Hall–Kier alpha value is -1.05. The Morgan fingerprint density at radius 3 is 2.63 bits per heavy atom. The van der Waals surface area contributed by atoms with Gasteiger partial charge in [0.05, 0.1) is 6.61 Å². The Balaban J connectivity index is 2.72. The van der Waals surface area contributed by atoms with Crippen LogP contribution in [0.3, 0.4) is 0 Å². The number of ether oxygens (including phenoxy) is 1. The van der Waals surface area contributed by atoms with Gasteiger partial charge in [-0.2, -0.15) is 0 Å². The van der Waals surface area contributed by atoms with Crippen molar-refractivity contribution in [2.45, 2.75) is 53.9 Å². The normalized spacial score (nSPS) is 22.3. The van der Waals surface area contributed by atoms with Gasteiger partial charge in [-0.05, 0) is 31.1 Å². The topological polar surface area (TPSA) is 26.3 Å². The third-order valence-electron chi connectivity index (χ3n) is 3.68. The molecule has 0 saturated heterocycles. The molecule has 0 radical (unpaired) electrons. The maximum absolute atomic E-state index is 12.3. The summed E-state index contributed by atoms with van der Waals surface area (Å²) >= 11 is 0. The number of hydrogen-bond acceptors (Lipinski definition) is 2. The fraction of sp³-hybridized carbons (Fsp3) is 0.706. The zero-order valence-corrected chi connectivity index (χ0v) is 13.1. The van der Waals surface area contributed by atoms with E-state index in [0.29, 0.717) is 12.5 Å². The van der Waals surface area contributed by atoms with Crippen molar-refractivity contribution >= 4 is 5.78 Å². The van der Waals surface area contributed by atoms with Gasteiger partial charge in [-0.15, -0.1) is 6.58 Å². The van der Waals surface area contributed by atoms with E-state index in [4.69, 9.17) is 4.74 Å². The van der Waals surface area contributed by atoms with E-state index in [0.717, 1.165) is 30.6 Å². The van der Waals surface area contributed by atoms with Crippen molar-refractivity contribution in [3.05, 3.63) is 24.0 Å². The number of carbonyl (C=O) groups is 1. The second-order valence-corrected chi connectivity index (χ2v) is 6.93. The first-order valence-electron chi connectivity index (χ1n) is 7.24. The summed E-state index contributed by atoms with van der Waals surface area (Å²) < 4.78 is 5.75. The highest BCUT2D eigenvalue weighted by Crippen LogP contribution is 2.41. The summed E-state index contributed by atoms with van der Waals surface area (Å²) in [7, 11) is 0. The molecule has 1 aliphatic carbocycles. The summed E-state index contributed by atoms with van der Waals surface area (Å²) in [6, 6.07) is 0. The number of ketones is 1. The molecular formula is C17H28O2. The average molecular weight is 264 g/mol. The van der Waals surface area contributed by atoms with Gasteiger partial charge in [-0.1, -0.05) is 33.3 Å². The third kappa shape index (κ3) is 4.85. The third-order valence-corrected chi connectivity index (χ3v) is 3.68. The Morgan fingerprint density at radius 2 is 2.16 bits per heavy atom. The molecule has 1 rings (SSSR count). The Morgan fingerprint density at radius 1 is 1.53 bits per heavy atom. The van der Waals surface area contributed by atoms with Crippen molar-refractivity contribution in [2.75, 3.05) is 6.61 Å². The van der Waals surface area contributed by atoms with Gasteiger partial charge in [0, 0.05) is 18.4 Å². The minimum absolute atomic E-state index is 0.0202. The molecule has 0 amide bonds. The summed E-state index contributed by atoms with van der Waals surface area (Å²) in [5.41, 5.74) is 1.13. The van der Waals surface area contributed by atoms with Gasteiger partial charge in [-0.3, -0.25) is 4.79 Å². The molecule has 108 valence electrons. The summed E-state index contributed by atoms with van der Waals surface area (Å²) in [5.74, 6) is 1.65. The van der Waals surface area contributed by atoms with Crippen LogP contribution in [0.5, 0.6) is 0 Å². The van der Waals surface area contributed by atoms with Crippen LogP contribution in [0.1, 0.15) is 53.9 Å². The molecule has 0 heterocycles. The number of hydrogen-bond donors (Lipinski definition) is 0. The van der Waals surface area contributed by atoms with Crippen molar-refractivity contribution in [3.63, 3.8) is 0 Å². The predicted octanol–water partition coefficient (Wildman–Crippen LogP) is 4.51. The SMILES string of the molecule is C=C(C)CC[C@H]1C(=O)C=C(OCC(C)C)CC1(C)C. The minimum atomic E-state index is -0.0202. The first-order chi connectivity index (χ1) is 8.72. The Bertz CT molecular complexity index is 375. The van der Waals surface area contributed by atoms with Crippen LogP contribution in [0.2, 0.25) is 0 Å². The highest BCUT2D eigenvalue weighted by Gasteiger charge is 2.38. The van der Waals surface area contributed by atoms with Crippen molar-refractivity contribution in [3.8, 4) is 0 Å². The molecule has 0 aliphatic heterocycles. The van der Waals surface area contributed by atoms with Crippen LogP contribution < -0.4 is 0 Å². The zero-order chi connectivity index (χ0) is 14.6. The molecule has 19 heavy (non-hydrogen) atoms. The van der Waals surface area contributed by atoms with E-state index < -0.39 is 0 Å². The van der Waals surface area contributed by atoms with Crippen LogP contribution >= 0.6 is 0 Å². The molecule has 0 N–H and O–H groups in total. The predicted molar refractivity (Wildman–Crippen MR) is 79.8 cm³/mol. The molecule has 0 unspecified atom stereocenters. The van der Waals surface area contributed by atoms with Crippen molar-refractivity contribution in [1.29, 1.82) is 0 Å². The zero-order valence-electron chi connectivity index (χ0n) is 13.1. The van der Waals surface area contributed by atoms with Gasteiger partial charge < -0.3 is 4.74 Å². The minimum Gasteiger partial charge on any atom is -0.498 e. The smallest absolute Gasteiger partial charge is 0.162 e. The Kier molecular flexibility index (Phi) is 5.39. The second kappa shape index (κ2) is 6.40. The lowest BCUT2D eigenvalue weighted by molar-refractivity contribution is -0.123. The maximum atomic E-state index is 12.3. The fourth-order valence-electron chi connectivity index (χ4n) is 2.56. The van der Waals surface area contributed by atoms with Crippen LogP contribution in [0.4, 0.5) is 0 Å². The van der Waals surface area contributed by atoms with E-state index in [1.807, 2.05) is 6.92 Å². The van der Waals surface area contributed by atoms with Gasteiger partial charge in [0.1, 0.15) is 5.76 Å². The van der Waals surface area contributed by atoms with Crippen molar-refractivity contribution in [1.82, 2.24) is 0 Å². The quantitative estimate of drug-likeness (QED) is 0.660. The highest BCUT2D eigenvalue weighted by atomic mass is 16.5. The van der Waals surface area contributed by atoms with Gasteiger partial charge in [0.25, 0.3) is 0 Å². The number of allylic oxidation sites excluding steroid dienone is 3. The molecule has 0 aromatic rings. The van der Waals surface area contributed by atoms with Crippen molar-refractivity contribution < 1.29 is 9.53 Å². The average Bonchev–Trinajstić information content (AvgIpc) is 2.23. The molecule has 0 saturated carbocycles. The molecule has 0 fully saturated rings. The second-order valence-electron chi connectivity index (χ2n) is 6.93. The lowest BCUT2D eigenvalue weighted by Gasteiger charge is -2.37. The number of carbonyl (C=O) groups excluding carboxylic acids is 1. The van der Waals surface area contributed by atoms with E-state index >= 15 is 0 Å². The van der Waals surface area contributed by atoms with Gasteiger partial charge >= 0.3 is 0 Å². The van der Waals surface area contributed by atoms with E-state index in [9.17, 15) is 4.79 Å². The van der Waals surface area contributed by atoms with Crippen LogP contribution in [-0.2, 0) is 9.53 Å². The first kappa shape index (κ1) is 16.0. The molecule has 0 spiro atoms. The number of rotatable bonds is 6. The molecule has 0 aromatic carbocycles. The molecule has 0 aromatic heterocycles. The molecule has 1 aliphatic rings. The van der Waals surface area contributed by atoms with Crippen molar-refractivity contribution in [2.24, 2.45) is 17.3 Å². The summed E-state index contributed by atoms with van der Waals surface area (Å²) in [6.45, 7) is 15.2. The summed E-state index contributed by atoms with van der Waals surface area (Å²) in [4.78, 5) is 12.3. The molecule has 1 atom stereocenters. The van der Waals surface area contributed by atoms with Gasteiger partial charge in [0.15, 0.2) is 5.78 Å². The van der Waals surface area contributed by atoms with Gasteiger partial charge in [-0.25, -0.2) is 0 Å². The van der Waals surface area contributed by atoms with Crippen LogP contribution in [0, 0.1) is 17.3 Å². The Labute approximate surface area is 117 Å². The lowest BCUT2D eigenvalue weighted by Crippen LogP contribution is -2.35. The molecular weight excluding hydrogens is 236 g/mol. The van der Waals surface area contributed by atoms with Crippen LogP contribution in [0.25, 0.3) is 0 Å². The fourth-order valence-corrected chi connectivity index (χ4v) is 2.56. The highest BCUT2D eigenvalue weighted by molar-refractivity contribution is 5.93. The van der Waals surface area contributed by atoms with Gasteiger partial charge in [0.2, 0.25) is 0 Å². The molecule has 2 nitrogen and oxygen atoms in total.